The molecular weight excluding hydrogens is 332 g/mol. The van der Waals surface area contributed by atoms with Gasteiger partial charge < -0.3 is 24.4 Å². The molecule has 0 bridgehead atoms. The monoisotopic (exact) mass is 362 g/mol. The topological polar surface area (TPSA) is 60.0 Å². The Balaban J connectivity index is 1.89. The van der Waals surface area contributed by atoms with Gasteiger partial charge in [0.25, 0.3) is 0 Å². The number of rotatable bonds is 5. The van der Waals surface area contributed by atoms with E-state index in [1.807, 2.05) is 17.0 Å². The third-order valence-corrected chi connectivity index (χ3v) is 6.00. The second kappa shape index (κ2) is 7.74. The quantitative estimate of drug-likeness (QED) is 0.873. The van der Waals surface area contributed by atoms with Gasteiger partial charge in [-0.25, -0.2) is 0 Å². The summed E-state index contributed by atoms with van der Waals surface area (Å²) in [6.07, 6.45) is 3.91. The van der Waals surface area contributed by atoms with E-state index in [1.54, 1.807) is 21.3 Å². The van der Waals surface area contributed by atoms with E-state index in [2.05, 4.69) is 12.2 Å². The molecule has 1 spiro atoms. The van der Waals surface area contributed by atoms with Gasteiger partial charge in [0.2, 0.25) is 11.7 Å². The van der Waals surface area contributed by atoms with Crippen LogP contribution in [0, 0.1) is 5.41 Å². The molecule has 1 aromatic carbocycles. The van der Waals surface area contributed by atoms with Crippen LogP contribution < -0.4 is 19.5 Å². The maximum absolute atomic E-state index is 12.7. The number of nitrogens with one attached hydrogen (secondary N) is 1. The van der Waals surface area contributed by atoms with E-state index in [0.29, 0.717) is 23.7 Å². The van der Waals surface area contributed by atoms with Gasteiger partial charge in [-0.05, 0) is 62.4 Å². The summed E-state index contributed by atoms with van der Waals surface area (Å²) in [5.41, 5.74) is 1.26. The average Bonchev–Trinajstić information content (AvgIpc) is 2.69. The van der Waals surface area contributed by atoms with E-state index >= 15 is 0 Å². The van der Waals surface area contributed by atoms with Crippen molar-refractivity contribution in [1.82, 2.24) is 10.2 Å². The second-order valence-corrected chi connectivity index (χ2v) is 7.41. The maximum Gasteiger partial charge on any atom is 0.223 e. The molecule has 1 amide bonds. The molecule has 0 aromatic heterocycles. The fraction of sp³-hybridized carbons (Fsp3) is 0.650. The molecule has 2 saturated heterocycles. The van der Waals surface area contributed by atoms with E-state index in [1.165, 1.54) is 0 Å². The van der Waals surface area contributed by atoms with Gasteiger partial charge in [0.15, 0.2) is 11.5 Å². The Morgan fingerprint density at radius 1 is 1.04 bits per heavy atom. The lowest BCUT2D eigenvalue weighted by molar-refractivity contribution is -0.141. The summed E-state index contributed by atoms with van der Waals surface area (Å²) in [7, 11) is 4.82. The number of benzene rings is 1. The van der Waals surface area contributed by atoms with Gasteiger partial charge in [-0.3, -0.25) is 4.79 Å². The molecule has 2 aliphatic rings. The highest BCUT2D eigenvalue weighted by Gasteiger charge is 2.41. The van der Waals surface area contributed by atoms with E-state index in [-0.39, 0.29) is 17.4 Å². The molecule has 1 N–H and O–H groups in total. The molecule has 2 heterocycles. The zero-order valence-corrected chi connectivity index (χ0v) is 16.3. The lowest BCUT2D eigenvalue weighted by atomic mass is 9.72. The van der Waals surface area contributed by atoms with Crippen LogP contribution in [0.3, 0.4) is 0 Å². The molecule has 6 heteroatoms. The molecule has 2 aliphatic heterocycles. The van der Waals surface area contributed by atoms with Gasteiger partial charge >= 0.3 is 0 Å². The molecule has 1 atom stereocenters. The maximum atomic E-state index is 12.7. The number of hydrogen-bond acceptors (Lipinski definition) is 5. The van der Waals surface area contributed by atoms with Crippen LogP contribution in [-0.2, 0) is 4.79 Å². The molecule has 0 aliphatic carbocycles. The van der Waals surface area contributed by atoms with Crippen LogP contribution in [0.1, 0.15) is 44.2 Å². The van der Waals surface area contributed by atoms with E-state index < -0.39 is 0 Å². The molecule has 0 saturated carbocycles. The Hall–Kier alpha value is -1.95. The molecule has 3 rings (SSSR count). The lowest BCUT2D eigenvalue weighted by Gasteiger charge is -2.47. The number of nitrogens with zero attached hydrogens (tertiary/aromatic N) is 1. The van der Waals surface area contributed by atoms with E-state index in [9.17, 15) is 4.79 Å². The third kappa shape index (κ3) is 3.47. The Morgan fingerprint density at radius 3 is 2.19 bits per heavy atom. The SMILES string of the molecule is COc1cc([C@H](C)N2CC3(CCNCC3)CCC2=O)cc(OC)c1OC. The zero-order chi connectivity index (χ0) is 18.7. The largest absolute Gasteiger partial charge is 0.493 e. The van der Waals surface area contributed by atoms with Crippen molar-refractivity contribution in [2.24, 2.45) is 5.41 Å². The normalized spacial score (nSPS) is 20.8. The minimum absolute atomic E-state index is 0.0386. The van der Waals surface area contributed by atoms with Crippen LogP contribution in [0.5, 0.6) is 17.2 Å². The molecule has 0 unspecified atom stereocenters. The number of hydrogen-bond donors (Lipinski definition) is 1. The number of likely N-dealkylation sites (tertiary alicyclic amines) is 1. The predicted octanol–water partition coefficient (Wildman–Crippen LogP) is 2.77. The first-order valence-electron chi connectivity index (χ1n) is 9.33. The first-order valence-corrected chi connectivity index (χ1v) is 9.33. The fourth-order valence-corrected chi connectivity index (χ4v) is 4.28. The van der Waals surface area contributed by atoms with Crippen LogP contribution in [0.15, 0.2) is 12.1 Å². The van der Waals surface area contributed by atoms with Crippen molar-refractivity contribution < 1.29 is 19.0 Å². The van der Waals surface area contributed by atoms with Crippen LogP contribution >= 0.6 is 0 Å². The van der Waals surface area contributed by atoms with Gasteiger partial charge in [-0.2, -0.15) is 0 Å². The van der Waals surface area contributed by atoms with Crippen molar-refractivity contribution in [1.29, 1.82) is 0 Å². The van der Waals surface area contributed by atoms with Gasteiger partial charge in [-0.15, -0.1) is 0 Å². The first-order chi connectivity index (χ1) is 12.5. The summed E-state index contributed by atoms with van der Waals surface area (Å²) in [6.45, 7) is 4.99. The van der Waals surface area contributed by atoms with Gasteiger partial charge in [0, 0.05) is 13.0 Å². The summed E-state index contributed by atoms with van der Waals surface area (Å²) < 4.78 is 16.4. The Labute approximate surface area is 155 Å². The summed E-state index contributed by atoms with van der Waals surface area (Å²) in [5.74, 6) is 2.05. The van der Waals surface area contributed by atoms with Crippen molar-refractivity contribution in [3.8, 4) is 17.2 Å². The highest BCUT2D eigenvalue weighted by molar-refractivity contribution is 5.78. The van der Waals surface area contributed by atoms with Crippen molar-refractivity contribution in [3.05, 3.63) is 17.7 Å². The van der Waals surface area contributed by atoms with Gasteiger partial charge in [0.05, 0.1) is 27.4 Å². The third-order valence-electron chi connectivity index (χ3n) is 6.00. The van der Waals surface area contributed by atoms with Crippen molar-refractivity contribution in [2.45, 2.75) is 38.6 Å². The minimum Gasteiger partial charge on any atom is -0.493 e. The zero-order valence-electron chi connectivity index (χ0n) is 16.3. The molecule has 26 heavy (non-hydrogen) atoms. The first kappa shape index (κ1) is 18.8. The predicted molar refractivity (Wildman–Crippen MR) is 100.0 cm³/mol. The molecule has 6 nitrogen and oxygen atoms in total. The number of piperidine rings is 2. The fourth-order valence-electron chi connectivity index (χ4n) is 4.28. The molecule has 0 radical (unpaired) electrons. The van der Waals surface area contributed by atoms with Crippen LogP contribution in [0.25, 0.3) is 0 Å². The van der Waals surface area contributed by atoms with E-state index in [4.69, 9.17) is 14.2 Å². The van der Waals surface area contributed by atoms with Crippen molar-refractivity contribution in [2.75, 3.05) is 41.0 Å². The summed E-state index contributed by atoms with van der Waals surface area (Å²) in [5, 5.41) is 3.44. The van der Waals surface area contributed by atoms with Gasteiger partial charge in [0.1, 0.15) is 0 Å². The second-order valence-electron chi connectivity index (χ2n) is 7.41. The number of ether oxygens (including phenoxy) is 3. The standard InChI is InChI=1S/C20H30N2O4/c1-14(15-11-16(24-2)19(26-4)17(12-15)25-3)22-13-20(6-5-18(22)23)7-9-21-10-8-20/h11-12,14,21H,5-10,13H2,1-4H3/t14-/m0/s1. The summed E-state index contributed by atoms with van der Waals surface area (Å²) in [4.78, 5) is 14.7. The number of methoxy groups -OCH3 is 3. The molecule has 2 fully saturated rings. The smallest absolute Gasteiger partial charge is 0.223 e. The number of amides is 1. The van der Waals surface area contributed by atoms with Crippen molar-refractivity contribution >= 4 is 5.91 Å². The Morgan fingerprint density at radius 2 is 1.65 bits per heavy atom. The Bertz CT molecular complexity index is 630. The Kier molecular flexibility index (Phi) is 5.61. The number of carbonyl (C=O) groups is 1. The molecule has 1 aromatic rings. The van der Waals surface area contributed by atoms with Crippen molar-refractivity contribution in [3.63, 3.8) is 0 Å². The number of carbonyl (C=O) groups excluding carboxylic acids is 1. The molecular formula is C20H30N2O4. The minimum atomic E-state index is -0.0386. The van der Waals surface area contributed by atoms with E-state index in [0.717, 1.165) is 44.5 Å². The average molecular weight is 362 g/mol. The van der Waals surface area contributed by atoms with Crippen LogP contribution in [-0.4, -0.2) is 51.8 Å². The lowest BCUT2D eigenvalue weighted by Crippen LogP contribution is -2.51. The summed E-state index contributed by atoms with van der Waals surface area (Å²) in [6, 6.07) is 3.86. The highest BCUT2D eigenvalue weighted by atomic mass is 16.5. The molecule has 144 valence electrons. The van der Waals surface area contributed by atoms with Crippen LogP contribution in [0.4, 0.5) is 0 Å². The highest BCUT2D eigenvalue weighted by Crippen LogP contribution is 2.44. The van der Waals surface area contributed by atoms with Crippen LogP contribution in [0.2, 0.25) is 0 Å². The summed E-state index contributed by atoms with van der Waals surface area (Å²) >= 11 is 0. The van der Waals surface area contributed by atoms with Gasteiger partial charge in [-0.1, -0.05) is 0 Å².